The van der Waals surface area contributed by atoms with Crippen molar-refractivity contribution in [1.29, 1.82) is 0 Å². The first-order valence-electron chi connectivity index (χ1n) is 5.63. The van der Waals surface area contributed by atoms with Gasteiger partial charge in [-0.05, 0) is 42.8 Å². The fourth-order valence-electron chi connectivity index (χ4n) is 2.21. The third-order valence-electron chi connectivity index (χ3n) is 3.10. The highest BCUT2D eigenvalue weighted by atomic mass is 19.1. The van der Waals surface area contributed by atoms with Gasteiger partial charge in [-0.25, -0.2) is 4.39 Å². The zero-order valence-electron chi connectivity index (χ0n) is 9.75. The molecule has 0 saturated carbocycles. The van der Waals surface area contributed by atoms with E-state index in [-0.39, 0.29) is 19.2 Å². The van der Waals surface area contributed by atoms with Crippen LogP contribution in [0.15, 0.2) is 36.5 Å². The van der Waals surface area contributed by atoms with Gasteiger partial charge in [0.2, 0.25) is 0 Å². The average molecular weight is 258 g/mol. The number of carbonyl (C=O) groups is 1. The SMILES string of the molecule is C.C/C(=C1/C(=O)Nc2ccc(F)cc21)c1ccc[nH]1. The van der Waals surface area contributed by atoms with Gasteiger partial charge >= 0.3 is 0 Å². The predicted octanol–water partition coefficient (Wildman–Crippen LogP) is 3.67. The first-order valence-corrected chi connectivity index (χ1v) is 5.63. The Hall–Kier alpha value is -2.36. The van der Waals surface area contributed by atoms with Crippen molar-refractivity contribution in [1.82, 2.24) is 4.98 Å². The summed E-state index contributed by atoms with van der Waals surface area (Å²) in [4.78, 5) is 15.0. The van der Waals surface area contributed by atoms with Crippen LogP contribution in [0.5, 0.6) is 0 Å². The Bertz CT molecular complexity index is 657. The number of halogens is 1. The first-order chi connectivity index (χ1) is 8.66. The lowest BCUT2D eigenvalue weighted by molar-refractivity contribution is -0.110. The van der Waals surface area contributed by atoms with E-state index in [1.54, 1.807) is 12.3 Å². The van der Waals surface area contributed by atoms with E-state index in [2.05, 4.69) is 10.3 Å². The maximum atomic E-state index is 13.3. The van der Waals surface area contributed by atoms with Crippen LogP contribution in [0.4, 0.5) is 10.1 Å². The standard InChI is InChI=1S/C14H11FN2O.CH4/c1-8(11-3-2-6-16-11)13-10-7-9(15)4-5-12(10)17-14(13)18;/h2-7,16H,1H3,(H,17,18);1H4/b13-8-;. The van der Waals surface area contributed by atoms with Crippen LogP contribution >= 0.6 is 0 Å². The van der Waals surface area contributed by atoms with Gasteiger partial charge in [0.1, 0.15) is 5.82 Å². The molecule has 0 unspecified atom stereocenters. The molecular weight excluding hydrogens is 243 g/mol. The maximum Gasteiger partial charge on any atom is 0.256 e. The lowest BCUT2D eigenvalue weighted by Crippen LogP contribution is -2.05. The van der Waals surface area contributed by atoms with Crippen LogP contribution in [0.25, 0.3) is 11.1 Å². The second kappa shape index (κ2) is 4.72. The molecule has 2 N–H and O–H groups in total. The van der Waals surface area contributed by atoms with Crippen molar-refractivity contribution >= 4 is 22.7 Å². The van der Waals surface area contributed by atoms with Crippen molar-refractivity contribution in [3.63, 3.8) is 0 Å². The van der Waals surface area contributed by atoms with E-state index in [0.717, 1.165) is 11.3 Å². The number of rotatable bonds is 1. The number of carbonyl (C=O) groups excluding carboxylic acids is 1. The monoisotopic (exact) mass is 258 g/mol. The Kier molecular flexibility index (Phi) is 3.25. The molecule has 1 aromatic carbocycles. The summed E-state index contributed by atoms with van der Waals surface area (Å²) in [6.07, 6.45) is 1.79. The van der Waals surface area contributed by atoms with Crippen molar-refractivity contribution in [2.24, 2.45) is 0 Å². The van der Waals surface area contributed by atoms with Gasteiger partial charge in [-0.1, -0.05) is 7.43 Å². The molecule has 1 aliphatic rings. The number of hydrogen-bond donors (Lipinski definition) is 2. The number of fused-ring (bicyclic) bond motifs is 1. The first kappa shape index (κ1) is 13.1. The Morgan fingerprint density at radius 2 is 2.05 bits per heavy atom. The third-order valence-corrected chi connectivity index (χ3v) is 3.10. The summed E-state index contributed by atoms with van der Waals surface area (Å²) in [5, 5.41) is 2.74. The van der Waals surface area contributed by atoms with Crippen LogP contribution in [0, 0.1) is 5.82 Å². The summed E-state index contributed by atoms with van der Waals surface area (Å²) in [7, 11) is 0. The second-order valence-corrected chi connectivity index (χ2v) is 4.23. The second-order valence-electron chi connectivity index (χ2n) is 4.23. The van der Waals surface area contributed by atoms with Crippen LogP contribution in [0.3, 0.4) is 0 Å². The molecule has 0 bridgehead atoms. The van der Waals surface area contributed by atoms with Crippen molar-refractivity contribution in [2.75, 3.05) is 5.32 Å². The van der Waals surface area contributed by atoms with Crippen LogP contribution in [0.2, 0.25) is 0 Å². The minimum absolute atomic E-state index is 0. The lowest BCUT2D eigenvalue weighted by atomic mass is 10.00. The quantitative estimate of drug-likeness (QED) is 0.753. The Balaban J connectivity index is 0.00000133. The molecule has 2 aromatic rings. The highest BCUT2D eigenvalue weighted by Crippen LogP contribution is 2.36. The maximum absolute atomic E-state index is 13.3. The minimum atomic E-state index is -0.345. The van der Waals surface area contributed by atoms with Gasteiger partial charge < -0.3 is 10.3 Å². The summed E-state index contributed by atoms with van der Waals surface area (Å²) in [5.41, 5.74) is 3.46. The topological polar surface area (TPSA) is 44.9 Å². The summed E-state index contributed by atoms with van der Waals surface area (Å²) in [6.45, 7) is 1.85. The number of benzene rings is 1. The molecule has 2 heterocycles. The normalized spacial score (nSPS) is 15.6. The molecule has 1 amide bonds. The van der Waals surface area contributed by atoms with E-state index in [4.69, 9.17) is 0 Å². The molecule has 0 fully saturated rings. The minimum Gasteiger partial charge on any atom is -0.361 e. The van der Waals surface area contributed by atoms with E-state index < -0.39 is 0 Å². The highest BCUT2D eigenvalue weighted by Gasteiger charge is 2.27. The number of H-pyrrole nitrogens is 1. The molecule has 4 heteroatoms. The van der Waals surface area contributed by atoms with Crippen molar-refractivity contribution in [3.05, 3.63) is 53.6 Å². The van der Waals surface area contributed by atoms with E-state index in [0.29, 0.717) is 16.8 Å². The number of aromatic amines is 1. The highest BCUT2D eigenvalue weighted by molar-refractivity contribution is 6.36. The molecule has 98 valence electrons. The molecule has 0 spiro atoms. The van der Waals surface area contributed by atoms with Gasteiger partial charge in [-0.15, -0.1) is 0 Å². The van der Waals surface area contributed by atoms with Gasteiger partial charge in [0.15, 0.2) is 0 Å². The summed E-state index contributed by atoms with van der Waals surface area (Å²) >= 11 is 0. The Morgan fingerprint density at radius 3 is 2.74 bits per heavy atom. The molecule has 3 nitrogen and oxygen atoms in total. The van der Waals surface area contributed by atoms with Crippen LogP contribution in [0.1, 0.15) is 25.6 Å². The smallest absolute Gasteiger partial charge is 0.256 e. The van der Waals surface area contributed by atoms with E-state index in [1.807, 2.05) is 19.1 Å². The Morgan fingerprint density at radius 1 is 1.26 bits per heavy atom. The third kappa shape index (κ3) is 2.05. The molecule has 3 rings (SSSR count). The number of anilines is 1. The van der Waals surface area contributed by atoms with Gasteiger partial charge in [0, 0.05) is 23.1 Å². The van der Waals surface area contributed by atoms with Crippen LogP contribution < -0.4 is 5.32 Å². The molecule has 0 aliphatic carbocycles. The Labute approximate surface area is 111 Å². The molecule has 0 radical (unpaired) electrons. The average Bonchev–Trinajstić information content (AvgIpc) is 2.94. The van der Waals surface area contributed by atoms with Crippen LogP contribution in [-0.4, -0.2) is 10.9 Å². The van der Waals surface area contributed by atoms with E-state index in [9.17, 15) is 9.18 Å². The van der Waals surface area contributed by atoms with E-state index in [1.165, 1.54) is 12.1 Å². The van der Waals surface area contributed by atoms with Gasteiger partial charge in [0.05, 0.1) is 5.57 Å². The van der Waals surface area contributed by atoms with Crippen LogP contribution in [-0.2, 0) is 4.79 Å². The van der Waals surface area contributed by atoms with Gasteiger partial charge in [0.25, 0.3) is 5.91 Å². The van der Waals surface area contributed by atoms with E-state index >= 15 is 0 Å². The van der Waals surface area contributed by atoms with Crippen molar-refractivity contribution in [3.8, 4) is 0 Å². The number of hydrogen-bond acceptors (Lipinski definition) is 1. The number of aromatic nitrogens is 1. The lowest BCUT2D eigenvalue weighted by Gasteiger charge is -2.03. The van der Waals surface area contributed by atoms with Crippen molar-refractivity contribution in [2.45, 2.75) is 14.4 Å². The fraction of sp³-hybridized carbons (Fsp3) is 0.133. The summed E-state index contributed by atoms with van der Waals surface area (Å²) in [6, 6.07) is 8.05. The molecular formula is C15H15FN2O. The zero-order chi connectivity index (χ0) is 12.7. The number of nitrogens with one attached hydrogen (secondary N) is 2. The molecule has 1 aliphatic heterocycles. The number of amides is 1. The summed E-state index contributed by atoms with van der Waals surface area (Å²) < 4.78 is 13.3. The van der Waals surface area contributed by atoms with Gasteiger partial charge in [-0.3, -0.25) is 4.79 Å². The fourth-order valence-corrected chi connectivity index (χ4v) is 2.21. The molecule has 0 saturated heterocycles. The molecule has 19 heavy (non-hydrogen) atoms. The summed E-state index contributed by atoms with van der Waals surface area (Å²) in [5.74, 6) is -0.537. The van der Waals surface area contributed by atoms with Gasteiger partial charge in [-0.2, -0.15) is 0 Å². The predicted molar refractivity (Wildman–Crippen MR) is 75.0 cm³/mol. The largest absolute Gasteiger partial charge is 0.361 e. The molecule has 1 aromatic heterocycles. The van der Waals surface area contributed by atoms with Crippen molar-refractivity contribution < 1.29 is 9.18 Å². The zero-order valence-corrected chi connectivity index (χ0v) is 9.75. The molecule has 0 atom stereocenters. The number of allylic oxidation sites excluding steroid dienone is 1.